The zero-order chi connectivity index (χ0) is 14.5. The van der Waals surface area contributed by atoms with E-state index < -0.39 is 6.10 Å². The molecule has 0 saturated carbocycles. The van der Waals surface area contributed by atoms with Crippen LogP contribution in [0.25, 0.3) is 10.9 Å². The maximum atomic E-state index is 12.0. The molecule has 0 aliphatic heterocycles. The van der Waals surface area contributed by atoms with Crippen LogP contribution in [-0.2, 0) is 4.79 Å². The Kier molecular flexibility index (Phi) is 4.66. The fourth-order valence-electron chi connectivity index (χ4n) is 2.23. The van der Waals surface area contributed by atoms with Gasteiger partial charge in [0.1, 0.15) is 5.75 Å². The molecule has 1 amide bonds. The normalized spacial score (nSPS) is 13.9. The van der Waals surface area contributed by atoms with Gasteiger partial charge >= 0.3 is 0 Å². The molecule has 2 N–H and O–H groups in total. The van der Waals surface area contributed by atoms with Crippen LogP contribution in [0.5, 0.6) is 5.75 Å². The van der Waals surface area contributed by atoms with Gasteiger partial charge in [-0.3, -0.25) is 4.79 Å². The average Bonchev–Trinajstić information content (AvgIpc) is 2.86. The van der Waals surface area contributed by atoms with Gasteiger partial charge in [0.2, 0.25) is 0 Å². The molecule has 20 heavy (non-hydrogen) atoms. The minimum atomic E-state index is -0.495. The second-order valence-corrected chi connectivity index (χ2v) is 5.19. The molecule has 108 valence electrons. The number of ether oxygens (including phenoxy) is 1. The third-order valence-electron chi connectivity index (χ3n) is 3.32. The highest BCUT2D eigenvalue weighted by Gasteiger charge is 2.16. The Morgan fingerprint density at radius 3 is 2.90 bits per heavy atom. The van der Waals surface area contributed by atoms with Gasteiger partial charge in [0.15, 0.2) is 6.10 Å². The van der Waals surface area contributed by atoms with Crippen molar-refractivity contribution >= 4 is 16.8 Å². The van der Waals surface area contributed by atoms with Crippen LogP contribution in [0.2, 0.25) is 0 Å². The Morgan fingerprint density at radius 1 is 1.35 bits per heavy atom. The lowest BCUT2D eigenvalue weighted by Crippen LogP contribution is -2.41. The number of aromatic amines is 1. The molecule has 0 bridgehead atoms. The number of amides is 1. The maximum absolute atomic E-state index is 12.0. The molecular formula is C16H22N2O2. The van der Waals surface area contributed by atoms with E-state index in [2.05, 4.69) is 17.2 Å². The number of benzene rings is 1. The first kappa shape index (κ1) is 14.4. The molecule has 4 nitrogen and oxygen atoms in total. The minimum absolute atomic E-state index is 0.0693. The van der Waals surface area contributed by atoms with Crippen molar-refractivity contribution in [3.63, 3.8) is 0 Å². The number of fused-ring (bicyclic) bond motifs is 1. The van der Waals surface area contributed by atoms with Gasteiger partial charge in [0.05, 0.1) is 0 Å². The molecule has 0 aliphatic carbocycles. The lowest BCUT2D eigenvalue weighted by molar-refractivity contribution is -0.127. The number of hydrogen-bond donors (Lipinski definition) is 2. The highest BCUT2D eigenvalue weighted by atomic mass is 16.5. The summed E-state index contributed by atoms with van der Waals surface area (Å²) in [6.07, 6.45) is 3.43. The molecule has 0 spiro atoms. The van der Waals surface area contributed by atoms with Crippen molar-refractivity contribution < 1.29 is 9.53 Å². The van der Waals surface area contributed by atoms with Crippen molar-refractivity contribution in [1.82, 2.24) is 10.3 Å². The van der Waals surface area contributed by atoms with Gasteiger partial charge in [-0.25, -0.2) is 0 Å². The molecule has 2 rings (SSSR count). The van der Waals surface area contributed by atoms with Gasteiger partial charge in [0, 0.05) is 23.1 Å². The first-order valence-corrected chi connectivity index (χ1v) is 7.14. The van der Waals surface area contributed by atoms with Gasteiger partial charge in [0.25, 0.3) is 5.91 Å². The Bertz CT molecular complexity index is 577. The summed E-state index contributed by atoms with van der Waals surface area (Å²) in [6.45, 7) is 5.89. The molecule has 4 heteroatoms. The number of carbonyl (C=O) groups excluding carboxylic acids is 1. The SMILES string of the molecule is CCCC(C)NC(=O)C(C)Oc1ccc2[nH]ccc2c1. The van der Waals surface area contributed by atoms with E-state index in [9.17, 15) is 4.79 Å². The Hall–Kier alpha value is -1.97. The van der Waals surface area contributed by atoms with Crippen LogP contribution < -0.4 is 10.1 Å². The summed E-state index contributed by atoms with van der Waals surface area (Å²) in [4.78, 5) is 15.1. The van der Waals surface area contributed by atoms with E-state index in [0.717, 1.165) is 23.7 Å². The number of H-pyrrole nitrogens is 1. The lowest BCUT2D eigenvalue weighted by Gasteiger charge is -2.18. The van der Waals surface area contributed by atoms with Crippen molar-refractivity contribution in [3.05, 3.63) is 30.5 Å². The molecule has 2 atom stereocenters. The summed E-state index contributed by atoms with van der Waals surface area (Å²) in [7, 11) is 0. The van der Waals surface area contributed by atoms with Crippen molar-refractivity contribution in [2.45, 2.75) is 45.8 Å². The third kappa shape index (κ3) is 3.53. The summed E-state index contributed by atoms with van der Waals surface area (Å²) in [5.41, 5.74) is 1.06. The molecule has 1 aromatic heterocycles. The molecule has 1 heterocycles. The standard InChI is InChI=1S/C16H22N2O2/c1-4-5-11(2)18-16(19)12(3)20-14-6-7-15-13(10-14)8-9-17-15/h6-12,17H,4-5H2,1-3H3,(H,18,19). The van der Waals surface area contributed by atoms with Crippen LogP contribution in [0.3, 0.4) is 0 Å². The van der Waals surface area contributed by atoms with Crippen LogP contribution in [0.1, 0.15) is 33.6 Å². The number of nitrogens with one attached hydrogen (secondary N) is 2. The van der Waals surface area contributed by atoms with Crippen LogP contribution in [0.4, 0.5) is 0 Å². The summed E-state index contributed by atoms with van der Waals surface area (Å²) >= 11 is 0. The first-order chi connectivity index (χ1) is 9.60. The van der Waals surface area contributed by atoms with Gasteiger partial charge in [-0.2, -0.15) is 0 Å². The van der Waals surface area contributed by atoms with Gasteiger partial charge < -0.3 is 15.0 Å². The highest BCUT2D eigenvalue weighted by Crippen LogP contribution is 2.20. The van der Waals surface area contributed by atoms with Gasteiger partial charge in [-0.15, -0.1) is 0 Å². The topological polar surface area (TPSA) is 54.1 Å². The van der Waals surface area contributed by atoms with E-state index >= 15 is 0 Å². The molecular weight excluding hydrogens is 252 g/mol. The highest BCUT2D eigenvalue weighted by molar-refractivity contribution is 5.82. The second-order valence-electron chi connectivity index (χ2n) is 5.19. The predicted molar refractivity (Wildman–Crippen MR) is 80.9 cm³/mol. The molecule has 1 aromatic carbocycles. The molecule has 0 saturated heterocycles. The third-order valence-corrected chi connectivity index (χ3v) is 3.32. The smallest absolute Gasteiger partial charge is 0.260 e. The molecule has 0 fully saturated rings. The monoisotopic (exact) mass is 274 g/mol. The number of aromatic nitrogens is 1. The van der Waals surface area contributed by atoms with E-state index in [1.54, 1.807) is 6.92 Å². The quantitative estimate of drug-likeness (QED) is 0.849. The van der Waals surface area contributed by atoms with Crippen LogP contribution in [0.15, 0.2) is 30.5 Å². The first-order valence-electron chi connectivity index (χ1n) is 7.14. The maximum Gasteiger partial charge on any atom is 0.260 e. The van der Waals surface area contributed by atoms with Crippen molar-refractivity contribution in [2.75, 3.05) is 0 Å². The van der Waals surface area contributed by atoms with E-state index in [1.807, 2.05) is 37.4 Å². The summed E-state index contributed by atoms with van der Waals surface area (Å²) < 4.78 is 5.71. The molecule has 0 aliphatic rings. The fourth-order valence-corrected chi connectivity index (χ4v) is 2.23. The Balaban J connectivity index is 1.95. The summed E-state index contributed by atoms with van der Waals surface area (Å²) in [5.74, 6) is 0.642. The van der Waals surface area contributed by atoms with Crippen molar-refractivity contribution in [1.29, 1.82) is 0 Å². The van der Waals surface area contributed by atoms with E-state index in [-0.39, 0.29) is 11.9 Å². The van der Waals surface area contributed by atoms with Crippen molar-refractivity contribution in [2.24, 2.45) is 0 Å². The predicted octanol–water partition coefficient (Wildman–Crippen LogP) is 3.24. The Labute approximate surface area is 119 Å². The average molecular weight is 274 g/mol. The van der Waals surface area contributed by atoms with Gasteiger partial charge in [-0.05, 0) is 44.5 Å². The number of hydrogen-bond acceptors (Lipinski definition) is 2. The van der Waals surface area contributed by atoms with E-state index in [1.165, 1.54) is 0 Å². The van der Waals surface area contributed by atoms with Gasteiger partial charge in [-0.1, -0.05) is 13.3 Å². The zero-order valence-electron chi connectivity index (χ0n) is 12.3. The van der Waals surface area contributed by atoms with E-state index in [0.29, 0.717) is 5.75 Å². The van der Waals surface area contributed by atoms with Crippen molar-refractivity contribution in [3.8, 4) is 5.75 Å². The molecule has 0 radical (unpaired) electrons. The summed E-state index contributed by atoms with van der Waals surface area (Å²) in [6, 6.07) is 7.93. The van der Waals surface area contributed by atoms with E-state index in [4.69, 9.17) is 4.74 Å². The Morgan fingerprint density at radius 2 is 2.15 bits per heavy atom. The molecule has 2 aromatic rings. The number of carbonyl (C=O) groups is 1. The fraction of sp³-hybridized carbons (Fsp3) is 0.438. The number of rotatable bonds is 6. The molecule has 2 unspecified atom stereocenters. The zero-order valence-corrected chi connectivity index (χ0v) is 12.3. The minimum Gasteiger partial charge on any atom is -0.481 e. The van der Waals surface area contributed by atoms with Crippen LogP contribution in [-0.4, -0.2) is 23.0 Å². The van der Waals surface area contributed by atoms with Crippen LogP contribution >= 0.6 is 0 Å². The van der Waals surface area contributed by atoms with Crippen LogP contribution in [0, 0.1) is 0 Å². The second kappa shape index (κ2) is 6.46. The summed E-state index contributed by atoms with van der Waals surface area (Å²) in [5, 5.41) is 4.04. The lowest BCUT2D eigenvalue weighted by atomic mass is 10.2. The largest absolute Gasteiger partial charge is 0.481 e.